The molecule has 0 saturated heterocycles. The Hall–Kier alpha value is -1.18. The summed E-state index contributed by atoms with van der Waals surface area (Å²) in [5, 5.41) is 12.9. The first-order valence-electron chi connectivity index (χ1n) is 5.44. The number of hydrogen-bond acceptors (Lipinski definition) is 2. The van der Waals surface area contributed by atoms with Crippen molar-refractivity contribution in [2.75, 3.05) is 5.32 Å². The zero-order chi connectivity index (χ0) is 9.54. The molecule has 1 heterocycles. The lowest BCUT2D eigenvalue weighted by molar-refractivity contribution is 0.422. The molecular formula is C12H15NO. The van der Waals surface area contributed by atoms with E-state index in [0.717, 1.165) is 5.69 Å². The third kappa shape index (κ3) is 1.10. The number of aromatic hydroxyl groups is 1. The average Bonchev–Trinajstić information content (AvgIpc) is 2.54. The Bertz CT molecular complexity index is 361. The molecule has 0 radical (unpaired) electrons. The summed E-state index contributed by atoms with van der Waals surface area (Å²) in [6.07, 6.45) is 5.27. The molecule has 0 spiro atoms. The average molecular weight is 189 g/mol. The maximum atomic E-state index is 9.39. The molecule has 2 unspecified atom stereocenters. The van der Waals surface area contributed by atoms with Gasteiger partial charge in [-0.15, -0.1) is 0 Å². The molecule has 2 atom stereocenters. The second kappa shape index (κ2) is 2.91. The minimum Gasteiger partial charge on any atom is -0.508 e. The number of fused-ring (bicyclic) bond motifs is 3. The van der Waals surface area contributed by atoms with Crippen molar-refractivity contribution in [1.29, 1.82) is 0 Å². The molecule has 1 aromatic rings. The van der Waals surface area contributed by atoms with Gasteiger partial charge in [-0.05, 0) is 24.5 Å². The molecule has 2 aliphatic rings. The minimum absolute atomic E-state index is 0.370. The van der Waals surface area contributed by atoms with Gasteiger partial charge in [0.25, 0.3) is 0 Å². The first-order chi connectivity index (χ1) is 6.84. The molecule has 3 rings (SSSR count). The second-order valence-corrected chi connectivity index (χ2v) is 4.41. The molecule has 1 aliphatic carbocycles. The standard InChI is InChI=1S/C12H15NO/c14-8-5-6-10-9-3-1-2-4-11(9)13-12(10)7-8/h5-7,9,11,13-14H,1-4H2. The van der Waals surface area contributed by atoms with E-state index in [0.29, 0.717) is 17.7 Å². The van der Waals surface area contributed by atoms with Crippen LogP contribution in [0.15, 0.2) is 18.2 Å². The van der Waals surface area contributed by atoms with Crippen molar-refractivity contribution in [3.8, 4) is 5.75 Å². The Morgan fingerprint density at radius 1 is 1.21 bits per heavy atom. The summed E-state index contributed by atoms with van der Waals surface area (Å²) in [6.45, 7) is 0. The highest BCUT2D eigenvalue weighted by Gasteiger charge is 2.33. The molecule has 2 N–H and O–H groups in total. The smallest absolute Gasteiger partial charge is 0.117 e. The molecule has 1 aliphatic heterocycles. The molecule has 2 heteroatoms. The highest BCUT2D eigenvalue weighted by atomic mass is 16.3. The van der Waals surface area contributed by atoms with Gasteiger partial charge in [0, 0.05) is 23.7 Å². The van der Waals surface area contributed by atoms with Gasteiger partial charge in [0.2, 0.25) is 0 Å². The van der Waals surface area contributed by atoms with Crippen LogP contribution >= 0.6 is 0 Å². The van der Waals surface area contributed by atoms with Gasteiger partial charge in [-0.25, -0.2) is 0 Å². The summed E-state index contributed by atoms with van der Waals surface area (Å²) in [4.78, 5) is 0. The Balaban J connectivity index is 2.01. The van der Waals surface area contributed by atoms with Crippen LogP contribution in [-0.4, -0.2) is 11.1 Å². The SMILES string of the molecule is Oc1ccc2c(c1)NC1CCCCC21. The largest absolute Gasteiger partial charge is 0.508 e. The summed E-state index contributed by atoms with van der Waals surface area (Å²) in [6, 6.07) is 6.36. The van der Waals surface area contributed by atoms with E-state index in [4.69, 9.17) is 0 Å². The van der Waals surface area contributed by atoms with Gasteiger partial charge in [0.15, 0.2) is 0 Å². The number of phenols is 1. The Morgan fingerprint density at radius 2 is 2.07 bits per heavy atom. The van der Waals surface area contributed by atoms with Gasteiger partial charge in [0.05, 0.1) is 0 Å². The lowest BCUT2D eigenvalue weighted by Gasteiger charge is -2.25. The van der Waals surface area contributed by atoms with Crippen molar-refractivity contribution in [2.45, 2.75) is 37.6 Å². The molecule has 14 heavy (non-hydrogen) atoms. The van der Waals surface area contributed by atoms with E-state index in [1.54, 1.807) is 6.07 Å². The zero-order valence-corrected chi connectivity index (χ0v) is 8.16. The van der Waals surface area contributed by atoms with Crippen LogP contribution in [0.3, 0.4) is 0 Å². The van der Waals surface area contributed by atoms with Crippen LogP contribution in [0.25, 0.3) is 0 Å². The fourth-order valence-corrected chi connectivity index (χ4v) is 2.87. The highest BCUT2D eigenvalue weighted by Crippen LogP contribution is 2.44. The predicted octanol–water partition coefficient (Wildman–Crippen LogP) is 2.84. The van der Waals surface area contributed by atoms with Crippen molar-refractivity contribution in [3.05, 3.63) is 23.8 Å². The van der Waals surface area contributed by atoms with Gasteiger partial charge >= 0.3 is 0 Å². The van der Waals surface area contributed by atoms with E-state index in [1.807, 2.05) is 6.07 Å². The number of phenolic OH excluding ortho intramolecular Hbond substituents is 1. The number of nitrogens with one attached hydrogen (secondary N) is 1. The molecule has 2 nitrogen and oxygen atoms in total. The van der Waals surface area contributed by atoms with Gasteiger partial charge < -0.3 is 10.4 Å². The summed E-state index contributed by atoms with van der Waals surface area (Å²) in [5.41, 5.74) is 2.56. The Kier molecular flexibility index (Phi) is 1.69. The van der Waals surface area contributed by atoms with Crippen LogP contribution in [0, 0.1) is 0 Å². The molecule has 0 aromatic heterocycles. The van der Waals surface area contributed by atoms with E-state index >= 15 is 0 Å². The molecule has 1 fully saturated rings. The first-order valence-corrected chi connectivity index (χ1v) is 5.44. The van der Waals surface area contributed by atoms with E-state index in [2.05, 4.69) is 11.4 Å². The lowest BCUT2D eigenvalue weighted by Crippen LogP contribution is -2.23. The summed E-state index contributed by atoms with van der Waals surface area (Å²) >= 11 is 0. The molecule has 0 amide bonds. The topological polar surface area (TPSA) is 32.3 Å². The number of benzene rings is 1. The lowest BCUT2D eigenvalue weighted by atomic mass is 9.83. The third-order valence-corrected chi connectivity index (χ3v) is 3.54. The van der Waals surface area contributed by atoms with Gasteiger partial charge in [-0.1, -0.05) is 18.9 Å². The van der Waals surface area contributed by atoms with Crippen LogP contribution in [0.5, 0.6) is 5.75 Å². The van der Waals surface area contributed by atoms with E-state index < -0.39 is 0 Å². The van der Waals surface area contributed by atoms with Crippen molar-refractivity contribution in [1.82, 2.24) is 0 Å². The maximum absolute atomic E-state index is 9.39. The van der Waals surface area contributed by atoms with Crippen molar-refractivity contribution >= 4 is 5.69 Å². The maximum Gasteiger partial charge on any atom is 0.117 e. The van der Waals surface area contributed by atoms with Crippen LogP contribution in [-0.2, 0) is 0 Å². The Morgan fingerprint density at radius 3 is 3.00 bits per heavy atom. The second-order valence-electron chi connectivity index (χ2n) is 4.41. The summed E-state index contributed by atoms with van der Waals surface area (Å²) in [5.74, 6) is 1.06. The van der Waals surface area contributed by atoms with Crippen molar-refractivity contribution in [3.63, 3.8) is 0 Å². The number of hydrogen-bond donors (Lipinski definition) is 2. The molecule has 74 valence electrons. The zero-order valence-electron chi connectivity index (χ0n) is 8.16. The molecule has 1 saturated carbocycles. The van der Waals surface area contributed by atoms with Crippen molar-refractivity contribution < 1.29 is 5.11 Å². The van der Waals surface area contributed by atoms with Crippen LogP contribution in [0.4, 0.5) is 5.69 Å². The molecule has 0 bridgehead atoms. The summed E-state index contributed by atoms with van der Waals surface area (Å²) < 4.78 is 0. The van der Waals surface area contributed by atoms with Crippen LogP contribution in [0.1, 0.15) is 37.2 Å². The monoisotopic (exact) mass is 189 g/mol. The summed E-state index contributed by atoms with van der Waals surface area (Å²) in [7, 11) is 0. The fraction of sp³-hybridized carbons (Fsp3) is 0.500. The number of anilines is 1. The first kappa shape index (κ1) is 8.16. The van der Waals surface area contributed by atoms with Gasteiger partial charge in [-0.3, -0.25) is 0 Å². The van der Waals surface area contributed by atoms with Crippen LogP contribution < -0.4 is 5.32 Å². The predicted molar refractivity (Wildman–Crippen MR) is 56.7 cm³/mol. The highest BCUT2D eigenvalue weighted by molar-refractivity contribution is 5.62. The number of rotatable bonds is 0. The van der Waals surface area contributed by atoms with Gasteiger partial charge in [-0.2, -0.15) is 0 Å². The van der Waals surface area contributed by atoms with E-state index in [9.17, 15) is 5.11 Å². The Labute approximate surface area is 84.0 Å². The van der Waals surface area contributed by atoms with E-state index in [-0.39, 0.29) is 0 Å². The minimum atomic E-state index is 0.370. The van der Waals surface area contributed by atoms with Crippen molar-refractivity contribution in [2.24, 2.45) is 0 Å². The van der Waals surface area contributed by atoms with E-state index in [1.165, 1.54) is 31.2 Å². The van der Waals surface area contributed by atoms with Crippen LogP contribution in [0.2, 0.25) is 0 Å². The molecule has 1 aromatic carbocycles. The fourth-order valence-electron chi connectivity index (χ4n) is 2.87. The quantitative estimate of drug-likeness (QED) is 0.657. The normalized spacial score (nSPS) is 29.1. The third-order valence-electron chi connectivity index (χ3n) is 3.54. The van der Waals surface area contributed by atoms with Gasteiger partial charge in [0.1, 0.15) is 5.75 Å². The molecular weight excluding hydrogens is 174 g/mol.